The zero-order chi connectivity index (χ0) is 17.8. The maximum Gasteiger partial charge on any atom is 0.234 e. The Bertz CT molecular complexity index is 1000. The number of aromatic nitrogens is 4. The molecule has 0 spiro atoms. The fraction of sp³-hybridized carbons (Fsp3) is 0.167. The number of thioether (sulfide) groups is 1. The largest absolute Gasteiger partial charge is 0.493 e. The number of nitrogens with zero attached hydrogens (tertiary/aromatic N) is 4. The van der Waals surface area contributed by atoms with E-state index in [1.54, 1.807) is 23.4 Å². The Balaban J connectivity index is 1.45. The highest BCUT2D eigenvalue weighted by molar-refractivity contribution is 7.98. The molecular weight excluding hydrogens is 368 g/mol. The highest BCUT2D eigenvalue weighted by atomic mass is 32.2. The second kappa shape index (κ2) is 7.76. The van der Waals surface area contributed by atoms with Crippen LogP contribution in [0, 0.1) is 0 Å². The number of benzene rings is 2. The number of fused-ring (bicyclic) bond motifs is 1. The summed E-state index contributed by atoms with van der Waals surface area (Å²) >= 11 is 3.19. The lowest BCUT2D eigenvalue weighted by Gasteiger charge is -2.08. The first-order valence-electron chi connectivity index (χ1n) is 7.97. The van der Waals surface area contributed by atoms with Crippen LogP contribution in [0.2, 0.25) is 0 Å². The van der Waals surface area contributed by atoms with Gasteiger partial charge in [0.2, 0.25) is 4.96 Å². The quantitative estimate of drug-likeness (QED) is 0.448. The molecule has 0 aliphatic carbocycles. The molecule has 26 heavy (non-hydrogen) atoms. The van der Waals surface area contributed by atoms with Crippen LogP contribution in [0.4, 0.5) is 0 Å². The summed E-state index contributed by atoms with van der Waals surface area (Å²) in [6.45, 7) is 0.361. The summed E-state index contributed by atoms with van der Waals surface area (Å²) in [6.07, 6.45) is 0. The molecule has 0 unspecified atom stereocenters. The van der Waals surface area contributed by atoms with Gasteiger partial charge in [-0.3, -0.25) is 0 Å². The van der Waals surface area contributed by atoms with Crippen LogP contribution in [-0.2, 0) is 12.4 Å². The lowest BCUT2D eigenvalue weighted by molar-refractivity contribution is 0.283. The van der Waals surface area contributed by atoms with Gasteiger partial charge >= 0.3 is 0 Å². The molecule has 2 heterocycles. The summed E-state index contributed by atoms with van der Waals surface area (Å²) < 4.78 is 12.9. The lowest BCUT2D eigenvalue weighted by Crippen LogP contribution is -1.99. The molecule has 0 N–H and O–H groups in total. The van der Waals surface area contributed by atoms with Crippen molar-refractivity contribution < 1.29 is 9.47 Å². The summed E-state index contributed by atoms with van der Waals surface area (Å²) in [5.41, 5.74) is 0. The molecule has 8 heteroatoms. The minimum atomic E-state index is 0.361. The Morgan fingerprint density at radius 1 is 1.00 bits per heavy atom. The van der Waals surface area contributed by atoms with Gasteiger partial charge in [0.1, 0.15) is 6.61 Å². The monoisotopic (exact) mass is 384 g/mol. The first kappa shape index (κ1) is 16.9. The molecule has 0 saturated heterocycles. The Hall–Kier alpha value is -2.58. The SMILES string of the molecule is COc1ccccc1OCc1nn2c(CSc3ccccc3)nnc2s1. The minimum Gasteiger partial charge on any atom is -0.493 e. The summed E-state index contributed by atoms with van der Waals surface area (Å²) in [4.78, 5) is 1.96. The van der Waals surface area contributed by atoms with Gasteiger partial charge in [0, 0.05) is 4.90 Å². The fourth-order valence-electron chi connectivity index (χ4n) is 2.39. The third-order valence-electron chi connectivity index (χ3n) is 3.63. The maximum absolute atomic E-state index is 5.84. The molecule has 4 rings (SSSR count). The van der Waals surface area contributed by atoms with E-state index in [-0.39, 0.29) is 0 Å². The van der Waals surface area contributed by atoms with E-state index in [0.717, 1.165) is 15.8 Å². The van der Waals surface area contributed by atoms with Gasteiger partial charge in [-0.15, -0.1) is 22.0 Å². The van der Waals surface area contributed by atoms with E-state index in [1.807, 2.05) is 42.5 Å². The molecule has 0 bridgehead atoms. The van der Waals surface area contributed by atoms with Crippen molar-refractivity contribution in [1.29, 1.82) is 0 Å². The Morgan fingerprint density at radius 2 is 1.77 bits per heavy atom. The third-order valence-corrected chi connectivity index (χ3v) is 5.51. The van der Waals surface area contributed by atoms with Gasteiger partial charge in [0.15, 0.2) is 22.3 Å². The van der Waals surface area contributed by atoms with Crippen molar-refractivity contribution in [3.8, 4) is 11.5 Å². The van der Waals surface area contributed by atoms with Crippen LogP contribution in [0.15, 0.2) is 59.5 Å². The van der Waals surface area contributed by atoms with Crippen LogP contribution in [-0.4, -0.2) is 26.9 Å². The van der Waals surface area contributed by atoms with E-state index < -0.39 is 0 Å². The minimum absolute atomic E-state index is 0.361. The van der Waals surface area contributed by atoms with Crippen LogP contribution < -0.4 is 9.47 Å². The van der Waals surface area contributed by atoms with Gasteiger partial charge in [-0.1, -0.05) is 41.7 Å². The van der Waals surface area contributed by atoms with Gasteiger partial charge < -0.3 is 9.47 Å². The number of hydrogen-bond donors (Lipinski definition) is 0. The Morgan fingerprint density at radius 3 is 2.58 bits per heavy atom. The molecule has 0 atom stereocenters. The molecule has 0 aliphatic rings. The molecule has 0 fully saturated rings. The van der Waals surface area contributed by atoms with Crippen LogP contribution in [0.3, 0.4) is 0 Å². The van der Waals surface area contributed by atoms with Crippen molar-refractivity contribution in [3.63, 3.8) is 0 Å². The molecule has 4 aromatic rings. The summed E-state index contributed by atoms with van der Waals surface area (Å²) in [5, 5.41) is 13.9. The second-order valence-corrected chi connectivity index (χ2v) is 7.44. The fourth-order valence-corrected chi connectivity index (χ4v) is 3.98. The average Bonchev–Trinajstić information content (AvgIpc) is 3.26. The Kier molecular flexibility index (Phi) is 5.03. The van der Waals surface area contributed by atoms with E-state index in [0.29, 0.717) is 23.9 Å². The number of hydrogen-bond acceptors (Lipinski definition) is 7. The van der Waals surface area contributed by atoms with Crippen LogP contribution in [0.1, 0.15) is 10.8 Å². The van der Waals surface area contributed by atoms with Crippen molar-refractivity contribution in [1.82, 2.24) is 19.8 Å². The summed E-state index contributed by atoms with van der Waals surface area (Å²) in [6, 6.07) is 17.8. The van der Waals surface area contributed by atoms with Gasteiger partial charge in [-0.25, -0.2) is 0 Å². The normalized spacial score (nSPS) is 11.0. The van der Waals surface area contributed by atoms with E-state index in [9.17, 15) is 0 Å². The zero-order valence-corrected chi connectivity index (χ0v) is 15.7. The van der Waals surface area contributed by atoms with Crippen LogP contribution >= 0.6 is 23.1 Å². The van der Waals surface area contributed by atoms with Crippen molar-refractivity contribution in [2.45, 2.75) is 17.3 Å². The van der Waals surface area contributed by atoms with Gasteiger partial charge in [0.05, 0.1) is 12.9 Å². The maximum atomic E-state index is 5.84. The number of methoxy groups -OCH3 is 1. The summed E-state index contributed by atoms with van der Waals surface area (Å²) in [7, 11) is 1.63. The average molecular weight is 384 g/mol. The van der Waals surface area contributed by atoms with Crippen molar-refractivity contribution in [2.75, 3.05) is 7.11 Å². The highest BCUT2D eigenvalue weighted by Crippen LogP contribution is 2.27. The Labute approximate surface area is 158 Å². The van der Waals surface area contributed by atoms with Crippen molar-refractivity contribution in [3.05, 3.63) is 65.4 Å². The van der Waals surface area contributed by atoms with E-state index >= 15 is 0 Å². The van der Waals surface area contributed by atoms with Crippen molar-refractivity contribution >= 4 is 28.1 Å². The third kappa shape index (κ3) is 3.66. The molecule has 0 amide bonds. The molecule has 0 radical (unpaired) electrons. The van der Waals surface area contributed by atoms with E-state index in [2.05, 4.69) is 27.4 Å². The molecule has 2 aromatic carbocycles. The second-order valence-electron chi connectivity index (χ2n) is 5.35. The highest BCUT2D eigenvalue weighted by Gasteiger charge is 2.13. The standard InChI is InChI=1S/C18H16N4O2S2/c1-23-14-9-5-6-10-15(14)24-11-17-21-22-16(19-20-18(22)26-17)12-25-13-7-3-2-4-8-13/h2-10H,11-12H2,1H3. The number of ether oxygens (including phenoxy) is 2. The molecule has 132 valence electrons. The lowest BCUT2D eigenvalue weighted by atomic mass is 10.3. The number of rotatable bonds is 7. The van der Waals surface area contributed by atoms with Gasteiger partial charge in [0.25, 0.3) is 0 Å². The molecule has 0 saturated carbocycles. The van der Waals surface area contributed by atoms with E-state index in [4.69, 9.17) is 9.47 Å². The first-order chi connectivity index (χ1) is 12.8. The molecule has 0 aliphatic heterocycles. The zero-order valence-electron chi connectivity index (χ0n) is 14.0. The smallest absolute Gasteiger partial charge is 0.234 e. The molecule has 6 nitrogen and oxygen atoms in total. The van der Waals surface area contributed by atoms with Crippen molar-refractivity contribution in [2.24, 2.45) is 0 Å². The van der Waals surface area contributed by atoms with Gasteiger partial charge in [-0.05, 0) is 24.3 Å². The summed E-state index contributed by atoms with van der Waals surface area (Å²) in [5.74, 6) is 2.94. The van der Waals surface area contributed by atoms with Crippen LogP contribution in [0.25, 0.3) is 4.96 Å². The molecular formula is C18H16N4O2S2. The predicted molar refractivity (Wildman–Crippen MR) is 102 cm³/mol. The topological polar surface area (TPSA) is 61.5 Å². The molecule has 2 aromatic heterocycles. The number of para-hydroxylation sites is 2. The first-order valence-corrected chi connectivity index (χ1v) is 9.77. The van der Waals surface area contributed by atoms with Crippen LogP contribution in [0.5, 0.6) is 11.5 Å². The predicted octanol–water partition coefficient (Wildman–Crippen LogP) is 4.07. The van der Waals surface area contributed by atoms with Gasteiger partial charge in [-0.2, -0.15) is 9.61 Å². The van der Waals surface area contributed by atoms with E-state index in [1.165, 1.54) is 16.2 Å².